The predicted octanol–water partition coefficient (Wildman–Crippen LogP) is 4.52. The van der Waals surface area contributed by atoms with Gasteiger partial charge in [-0.25, -0.2) is 0 Å². The Balaban J connectivity index is 2.40. The van der Waals surface area contributed by atoms with E-state index < -0.39 is 0 Å². The molecule has 1 N–H and O–H groups in total. The Bertz CT molecular complexity index is 841. The molecule has 0 saturated carbocycles. The van der Waals surface area contributed by atoms with Crippen LogP contribution in [0.25, 0.3) is 11.8 Å². The molecule has 0 aliphatic heterocycles. The fourth-order valence-electron chi connectivity index (χ4n) is 2.63. The van der Waals surface area contributed by atoms with Gasteiger partial charge in [-0.2, -0.15) is 5.26 Å². The van der Waals surface area contributed by atoms with Crippen LogP contribution in [0.5, 0.6) is 0 Å². The molecule has 2 rings (SSSR count). The lowest BCUT2D eigenvalue weighted by Gasteiger charge is -2.11. The standard InChI is InChI=1S/C20H22IN3O/c1-5-13(2)23-20(25)17(12-22)11-16-10-14(3)24(15(16)4)19-8-6-18(21)7-9-19/h6-11,13H,5H2,1-4H3,(H,23,25)/b17-11+/t13-/m1/s1. The third kappa shape index (κ3) is 4.51. The average molecular weight is 447 g/mol. The van der Waals surface area contributed by atoms with Crippen molar-refractivity contribution in [2.24, 2.45) is 0 Å². The minimum Gasteiger partial charge on any atom is -0.349 e. The molecular weight excluding hydrogens is 425 g/mol. The Morgan fingerprint density at radius 2 is 2.00 bits per heavy atom. The number of carbonyl (C=O) groups excluding carboxylic acids is 1. The summed E-state index contributed by atoms with van der Waals surface area (Å²) in [5.74, 6) is -0.323. The number of benzene rings is 1. The molecule has 1 atom stereocenters. The summed E-state index contributed by atoms with van der Waals surface area (Å²) >= 11 is 2.28. The van der Waals surface area contributed by atoms with Crippen LogP contribution in [0.1, 0.15) is 37.2 Å². The van der Waals surface area contributed by atoms with Gasteiger partial charge in [0.05, 0.1) is 0 Å². The molecule has 0 aliphatic carbocycles. The molecule has 1 aromatic heterocycles. The average Bonchev–Trinajstić information content (AvgIpc) is 2.87. The van der Waals surface area contributed by atoms with Crippen LogP contribution >= 0.6 is 22.6 Å². The molecule has 1 amide bonds. The van der Waals surface area contributed by atoms with Gasteiger partial charge in [-0.3, -0.25) is 4.79 Å². The minimum atomic E-state index is -0.323. The minimum absolute atomic E-state index is 0.0449. The fraction of sp³-hybridized carbons (Fsp3) is 0.300. The van der Waals surface area contributed by atoms with Crippen LogP contribution in [-0.2, 0) is 4.79 Å². The van der Waals surface area contributed by atoms with Crippen molar-refractivity contribution in [3.63, 3.8) is 0 Å². The van der Waals surface area contributed by atoms with Crippen molar-refractivity contribution in [1.82, 2.24) is 9.88 Å². The first-order valence-corrected chi connectivity index (χ1v) is 9.32. The summed E-state index contributed by atoms with van der Waals surface area (Å²) in [4.78, 5) is 12.2. The van der Waals surface area contributed by atoms with E-state index in [1.54, 1.807) is 6.08 Å². The zero-order valence-electron chi connectivity index (χ0n) is 14.9. The Hall–Kier alpha value is -2.07. The van der Waals surface area contributed by atoms with Gasteiger partial charge in [-0.1, -0.05) is 6.92 Å². The van der Waals surface area contributed by atoms with Crippen molar-refractivity contribution in [1.29, 1.82) is 5.26 Å². The monoisotopic (exact) mass is 447 g/mol. The highest BCUT2D eigenvalue weighted by Crippen LogP contribution is 2.23. The van der Waals surface area contributed by atoms with Crippen molar-refractivity contribution in [3.05, 3.63) is 56.4 Å². The Kier molecular flexibility index (Phi) is 6.43. The Labute approximate surface area is 162 Å². The summed E-state index contributed by atoms with van der Waals surface area (Å²) in [5, 5.41) is 12.2. The summed E-state index contributed by atoms with van der Waals surface area (Å²) in [5.41, 5.74) is 4.14. The highest BCUT2D eigenvalue weighted by atomic mass is 127. The number of amides is 1. The van der Waals surface area contributed by atoms with Gasteiger partial charge in [-0.15, -0.1) is 0 Å². The smallest absolute Gasteiger partial charge is 0.262 e. The van der Waals surface area contributed by atoms with Gasteiger partial charge in [0.15, 0.2) is 0 Å². The summed E-state index contributed by atoms with van der Waals surface area (Å²) in [6, 6.07) is 12.3. The van der Waals surface area contributed by atoms with E-state index >= 15 is 0 Å². The molecule has 1 aromatic carbocycles. The SMILES string of the molecule is CC[C@@H](C)NC(=O)/C(C#N)=C/c1cc(C)n(-c2ccc(I)cc2)c1C. The number of nitriles is 1. The second-order valence-electron chi connectivity index (χ2n) is 6.09. The van der Waals surface area contributed by atoms with E-state index in [0.29, 0.717) is 0 Å². The van der Waals surface area contributed by atoms with Crippen LogP contribution < -0.4 is 5.32 Å². The van der Waals surface area contributed by atoms with Crippen LogP contribution in [0.2, 0.25) is 0 Å². The first-order valence-electron chi connectivity index (χ1n) is 8.24. The third-order valence-electron chi connectivity index (χ3n) is 4.21. The van der Waals surface area contributed by atoms with Crippen molar-refractivity contribution in [3.8, 4) is 11.8 Å². The summed E-state index contributed by atoms with van der Waals surface area (Å²) in [7, 11) is 0. The lowest BCUT2D eigenvalue weighted by atomic mass is 10.1. The number of aryl methyl sites for hydroxylation is 1. The Morgan fingerprint density at radius 1 is 1.36 bits per heavy atom. The van der Waals surface area contributed by atoms with Crippen molar-refractivity contribution >= 4 is 34.6 Å². The molecule has 0 fully saturated rings. The molecule has 0 bridgehead atoms. The maximum Gasteiger partial charge on any atom is 0.262 e. The first-order chi connectivity index (χ1) is 11.9. The second-order valence-corrected chi connectivity index (χ2v) is 7.34. The summed E-state index contributed by atoms with van der Waals surface area (Å²) in [6.45, 7) is 7.94. The molecule has 0 aliphatic rings. The van der Waals surface area contributed by atoms with E-state index in [4.69, 9.17) is 0 Å². The molecule has 4 nitrogen and oxygen atoms in total. The van der Waals surface area contributed by atoms with Crippen LogP contribution in [0.3, 0.4) is 0 Å². The van der Waals surface area contributed by atoms with E-state index in [9.17, 15) is 10.1 Å². The van der Waals surface area contributed by atoms with Crippen molar-refractivity contribution in [2.75, 3.05) is 0 Å². The predicted molar refractivity (Wildman–Crippen MR) is 109 cm³/mol. The molecule has 130 valence electrons. The van der Waals surface area contributed by atoms with Crippen LogP contribution in [0.4, 0.5) is 0 Å². The van der Waals surface area contributed by atoms with Crippen LogP contribution in [0, 0.1) is 28.7 Å². The van der Waals surface area contributed by atoms with Crippen molar-refractivity contribution in [2.45, 2.75) is 40.2 Å². The molecule has 2 aromatic rings. The van der Waals surface area contributed by atoms with Gasteiger partial charge >= 0.3 is 0 Å². The molecule has 1 heterocycles. The largest absolute Gasteiger partial charge is 0.349 e. The quantitative estimate of drug-likeness (QED) is 0.416. The lowest BCUT2D eigenvalue weighted by Crippen LogP contribution is -2.32. The van der Waals surface area contributed by atoms with Crippen molar-refractivity contribution < 1.29 is 4.79 Å². The van der Waals surface area contributed by atoms with Crippen LogP contribution in [0.15, 0.2) is 35.9 Å². The Morgan fingerprint density at radius 3 is 2.56 bits per heavy atom. The zero-order chi connectivity index (χ0) is 18.6. The number of nitrogens with zero attached hydrogens (tertiary/aromatic N) is 2. The normalized spacial score (nSPS) is 12.6. The van der Waals surface area contributed by atoms with E-state index in [0.717, 1.165) is 29.1 Å². The summed E-state index contributed by atoms with van der Waals surface area (Å²) < 4.78 is 3.31. The molecule has 25 heavy (non-hydrogen) atoms. The maximum absolute atomic E-state index is 12.2. The number of halogens is 1. The van der Waals surface area contributed by atoms with Gasteiger partial charge in [0, 0.05) is 26.7 Å². The topological polar surface area (TPSA) is 57.8 Å². The van der Waals surface area contributed by atoms with Gasteiger partial charge in [0.2, 0.25) is 0 Å². The highest BCUT2D eigenvalue weighted by molar-refractivity contribution is 14.1. The number of nitrogens with one attached hydrogen (secondary N) is 1. The molecular formula is C20H22IN3O. The molecule has 0 spiro atoms. The van der Waals surface area contributed by atoms with Gasteiger partial charge in [0.25, 0.3) is 5.91 Å². The first kappa shape index (κ1) is 19.3. The third-order valence-corrected chi connectivity index (χ3v) is 4.93. The highest BCUT2D eigenvalue weighted by Gasteiger charge is 2.14. The number of rotatable bonds is 5. The fourth-order valence-corrected chi connectivity index (χ4v) is 2.99. The number of hydrogen-bond acceptors (Lipinski definition) is 2. The molecule has 5 heteroatoms. The molecule has 0 saturated heterocycles. The van der Waals surface area contributed by atoms with Gasteiger partial charge in [0.1, 0.15) is 11.6 Å². The summed E-state index contributed by atoms with van der Waals surface area (Å²) in [6.07, 6.45) is 2.50. The van der Waals surface area contributed by atoms with Gasteiger partial charge < -0.3 is 9.88 Å². The molecule has 0 radical (unpaired) electrons. The number of carbonyl (C=O) groups is 1. The number of hydrogen-bond donors (Lipinski definition) is 1. The number of aromatic nitrogens is 1. The maximum atomic E-state index is 12.2. The zero-order valence-corrected chi connectivity index (χ0v) is 17.1. The van der Waals surface area contributed by atoms with Gasteiger partial charge in [-0.05, 0) is 91.8 Å². The van der Waals surface area contributed by atoms with E-state index in [1.165, 1.54) is 3.57 Å². The van der Waals surface area contributed by atoms with E-state index in [-0.39, 0.29) is 17.5 Å². The van der Waals surface area contributed by atoms with E-state index in [1.807, 2.05) is 39.8 Å². The van der Waals surface area contributed by atoms with E-state index in [2.05, 4.69) is 56.7 Å². The van der Waals surface area contributed by atoms with Crippen LogP contribution in [-0.4, -0.2) is 16.5 Å². The lowest BCUT2D eigenvalue weighted by molar-refractivity contribution is -0.117. The molecule has 0 unspecified atom stereocenters. The second kappa shape index (κ2) is 8.34.